The van der Waals surface area contributed by atoms with Gasteiger partial charge in [-0.05, 0) is 73.9 Å². The summed E-state index contributed by atoms with van der Waals surface area (Å²) in [7, 11) is 1.67. The number of pyridine rings is 1. The van der Waals surface area contributed by atoms with Gasteiger partial charge in [0.2, 0.25) is 0 Å². The molecule has 4 rings (SSSR count). The van der Waals surface area contributed by atoms with Crippen LogP contribution in [0.25, 0.3) is 10.9 Å². The monoisotopic (exact) mass is 449 g/mol. The smallest absolute Gasteiger partial charge is 0.308 e. The predicted octanol–water partition coefficient (Wildman–Crippen LogP) is 4.10. The molecule has 3 heterocycles. The maximum atomic E-state index is 12.0. The van der Waals surface area contributed by atoms with E-state index < -0.39 is 5.97 Å². The Morgan fingerprint density at radius 1 is 1.34 bits per heavy atom. The molecule has 1 fully saturated rings. The summed E-state index contributed by atoms with van der Waals surface area (Å²) in [4.78, 5) is 22.7. The van der Waals surface area contributed by atoms with Crippen molar-refractivity contribution in [3.8, 4) is 17.6 Å². The second kappa shape index (κ2) is 10.6. The van der Waals surface area contributed by atoms with Gasteiger partial charge in [-0.1, -0.05) is 5.92 Å². The van der Waals surface area contributed by atoms with E-state index in [1.54, 1.807) is 12.6 Å². The van der Waals surface area contributed by atoms with Crippen LogP contribution in [-0.4, -0.2) is 52.7 Å². The Hall–Kier alpha value is -2.95. The van der Waals surface area contributed by atoms with Crippen LogP contribution in [0.5, 0.6) is 5.75 Å². The number of aliphatic carboxylic acids is 1. The number of piperidine rings is 1. The summed E-state index contributed by atoms with van der Waals surface area (Å²) in [6.45, 7) is 2.02. The Kier molecular flexibility index (Phi) is 7.35. The number of methoxy groups -OCH3 is 1. The van der Waals surface area contributed by atoms with E-state index in [4.69, 9.17) is 4.74 Å². The average Bonchev–Trinajstić information content (AvgIpc) is 3.33. The maximum Gasteiger partial charge on any atom is 0.308 e. The van der Waals surface area contributed by atoms with Crippen molar-refractivity contribution in [2.24, 2.45) is 11.8 Å². The maximum absolute atomic E-state index is 12.0. The summed E-state index contributed by atoms with van der Waals surface area (Å²) < 4.78 is 5.37. The fourth-order valence-electron chi connectivity index (χ4n) is 4.44. The van der Waals surface area contributed by atoms with E-state index in [2.05, 4.69) is 32.8 Å². The number of rotatable bonds is 7. The summed E-state index contributed by atoms with van der Waals surface area (Å²) in [5.41, 5.74) is 4.73. The van der Waals surface area contributed by atoms with Gasteiger partial charge in [0, 0.05) is 23.5 Å². The second-order valence-corrected chi connectivity index (χ2v) is 8.87. The van der Waals surface area contributed by atoms with Crippen LogP contribution >= 0.6 is 11.3 Å². The molecule has 1 aromatic carbocycles. The van der Waals surface area contributed by atoms with Crippen LogP contribution in [0.4, 0.5) is 0 Å². The quantitative estimate of drug-likeness (QED) is 0.548. The topological polar surface area (TPSA) is 75.5 Å². The van der Waals surface area contributed by atoms with Gasteiger partial charge in [-0.3, -0.25) is 14.7 Å². The molecule has 32 heavy (non-hydrogen) atoms. The van der Waals surface area contributed by atoms with E-state index in [1.807, 2.05) is 29.8 Å². The lowest BCUT2D eigenvalue weighted by atomic mass is 9.81. The highest BCUT2D eigenvalue weighted by atomic mass is 32.1. The molecule has 1 aliphatic heterocycles. The fraction of sp³-hybridized carbons (Fsp3) is 0.400. The minimum Gasteiger partial charge on any atom is -0.497 e. The molecule has 7 heteroatoms. The number of carboxylic acid groups (broad SMARTS) is 1. The number of aryl methyl sites for hydroxylation is 1. The number of carbonyl (C=O) groups is 1. The van der Waals surface area contributed by atoms with Gasteiger partial charge < -0.3 is 9.84 Å². The minimum atomic E-state index is -0.703. The van der Waals surface area contributed by atoms with E-state index in [9.17, 15) is 9.90 Å². The van der Waals surface area contributed by atoms with Crippen molar-refractivity contribution in [1.29, 1.82) is 0 Å². The van der Waals surface area contributed by atoms with E-state index >= 15 is 0 Å². The summed E-state index contributed by atoms with van der Waals surface area (Å²) in [6, 6.07) is 7.99. The molecule has 2 atom stereocenters. The molecule has 0 unspecified atom stereocenters. The van der Waals surface area contributed by atoms with Crippen LogP contribution in [0.3, 0.4) is 0 Å². The summed E-state index contributed by atoms with van der Waals surface area (Å²) in [5.74, 6) is 6.15. The van der Waals surface area contributed by atoms with Crippen molar-refractivity contribution in [3.63, 3.8) is 0 Å². The van der Waals surface area contributed by atoms with Crippen molar-refractivity contribution < 1.29 is 14.6 Å². The normalized spacial score (nSPS) is 18.8. The molecular formula is C25H27N3O3S. The lowest BCUT2D eigenvalue weighted by Crippen LogP contribution is -2.44. The third-order valence-electron chi connectivity index (χ3n) is 6.17. The number of hydrogen-bond acceptors (Lipinski definition) is 6. The Balaban J connectivity index is 1.34. The third-order valence-corrected chi connectivity index (χ3v) is 6.76. The molecule has 1 saturated heterocycles. The number of fused-ring (bicyclic) bond motifs is 1. The standard InChI is InChI=1S/C25H27N3O3S/c1-31-21-7-8-24-22(14-21)18(9-11-26-24)4-2-5-19-10-13-28(15-23(19)25(29)30)12-3-6-20-16-32-17-27-20/h7-9,11,14,16-17,19,23H,2,4-5,10,12-13,15H2,1H3,(H,29,30)/t19-,23+/m1/s1. The number of carboxylic acids is 1. The number of likely N-dealkylation sites (tertiary alicyclic amines) is 1. The van der Waals surface area contributed by atoms with Gasteiger partial charge in [0.05, 0.1) is 30.6 Å². The first-order valence-corrected chi connectivity index (χ1v) is 11.8. The Morgan fingerprint density at radius 3 is 3.03 bits per heavy atom. The molecule has 1 N–H and O–H groups in total. The van der Waals surface area contributed by atoms with Gasteiger partial charge in [-0.25, -0.2) is 4.98 Å². The highest BCUT2D eigenvalue weighted by Gasteiger charge is 2.33. The van der Waals surface area contributed by atoms with Gasteiger partial charge in [0.25, 0.3) is 0 Å². The Morgan fingerprint density at radius 2 is 2.25 bits per heavy atom. The largest absolute Gasteiger partial charge is 0.497 e. The van der Waals surface area contributed by atoms with Crippen LogP contribution in [0.15, 0.2) is 41.4 Å². The Labute approximate surface area is 192 Å². The zero-order chi connectivity index (χ0) is 22.3. The first-order chi connectivity index (χ1) is 15.6. The molecule has 0 amide bonds. The molecule has 6 nitrogen and oxygen atoms in total. The van der Waals surface area contributed by atoms with Crippen LogP contribution in [0.1, 0.15) is 30.5 Å². The molecule has 0 bridgehead atoms. The third kappa shape index (κ3) is 5.45. The zero-order valence-corrected chi connectivity index (χ0v) is 19.0. The van der Waals surface area contributed by atoms with Crippen LogP contribution in [0.2, 0.25) is 0 Å². The fourth-order valence-corrected chi connectivity index (χ4v) is 4.92. The lowest BCUT2D eigenvalue weighted by molar-refractivity contribution is -0.146. The Bertz CT molecular complexity index is 1120. The SMILES string of the molecule is COc1ccc2nccc(CCC[C@@H]3CCN(CC#Cc4cscn4)C[C@@H]3C(=O)O)c2c1. The number of ether oxygens (including phenoxy) is 1. The van der Waals surface area contributed by atoms with Crippen molar-refractivity contribution >= 4 is 28.2 Å². The van der Waals surface area contributed by atoms with Gasteiger partial charge in [0.15, 0.2) is 0 Å². The molecular weight excluding hydrogens is 422 g/mol. The highest BCUT2D eigenvalue weighted by molar-refractivity contribution is 7.07. The lowest BCUT2D eigenvalue weighted by Gasteiger charge is -2.35. The number of benzene rings is 1. The van der Waals surface area contributed by atoms with E-state index in [0.29, 0.717) is 13.1 Å². The molecule has 166 valence electrons. The molecule has 0 aliphatic carbocycles. The van der Waals surface area contributed by atoms with Crippen LogP contribution in [-0.2, 0) is 11.2 Å². The van der Waals surface area contributed by atoms with Gasteiger partial charge in [-0.15, -0.1) is 11.3 Å². The average molecular weight is 450 g/mol. The first kappa shape index (κ1) is 22.3. The van der Waals surface area contributed by atoms with E-state index in [0.717, 1.165) is 54.6 Å². The number of thiazole rings is 1. The molecule has 0 spiro atoms. The number of aromatic nitrogens is 2. The number of nitrogens with zero attached hydrogens (tertiary/aromatic N) is 3. The summed E-state index contributed by atoms with van der Waals surface area (Å²) in [6.07, 6.45) is 5.49. The van der Waals surface area contributed by atoms with Crippen molar-refractivity contribution in [3.05, 3.63) is 52.6 Å². The molecule has 0 saturated carbocycles. The second-order valence-electron chi connectivity index (χ2n) is 8.15. The predicted molar refractivity (Wildman–Crippen MR) is 126 cm³/mol. The highest BCUT2D eigenvalue weighted by Crippen LogP contribution is 2.30. The van der Waals surface area contributed by atoms with E-state index in [-0.39, 0.29) is 11.8 Å². The van der Waals surface area contributed by atoms with Gasteiger partial charge in [-0.2, -0.15) is 0 Å². The minimum absolute atomic E-state index is 0.192. The zero-order valence-electron chi connectivity index (χ0n) is 18.2. The molecule has 1 aliphatic rings. The van der Waals surface area contributed by atoms with E-state index in [1.165, 1.54) is 16.9 Å². The molecule has 3 aromatic rings. The van der Waals surface area contributed by atoms with Crippen molar-refractivity contribution in [2.45, 2.75) is 25.7 Å². The van der Waals surface area contributed by atoms with Crippen molar-refractivity contribution in [2.75, 3.05) is 26.7 Å². The molecule has 2 aromatic heterocycles. The summed E-state index contributed by atoms with van der Waals surface area (Å²) in [5, 5.41) is 12.8. The van der Waals surface area contributed by atoms with Gasteiger partial charge >= 0.3 is 5.97 Å². The van der Waals surface area contributed by atoms with Gasteiger partial charge in [0.1, 0.15) is 11.4 Å². The molecule has 0 radical (unpaired) electrons. The number of hydrogen-bond donors (Lipinski definition) is 1. The first-order valence-electron chi connectivity index (χ1n) is 10.9. The van der Waals surface area contributed by atoms with Crippen LogP contribution < -0.4 is 4.74 Å². The van der Waals surface area contributed by atoms with Crippen molar-refractivity contribution in [1.82, 2.24) is 14.9 Å². The summed E-state index contributed by atoms with van der Waals surface area (Å²) >= 11 is 1.52. The van der Waals surface area contributed by atoms with Crippen LogP contribution in [0, 0.1) is 23.7 Å².